The fourth-order valence-corrected chi connectivity index (χ4v) is 2.52. The third-order valence-electron chi connectivity index (χ3n) is 3.83. The van der Waals surface area contributed by atoms with Crippen LogP contribution in [0.3, 0.4) is 0 Å². The zero-order chi connectivity index (χ0) is 15.0. The third kappa shape index (κ3) is 11.7. The van der Waals surface area contributed by atoms with E-state index in [2.05, 4.69) is 31.2 Å². The maximum absolute atomic E-state index is 5.74. The van der Waals surface area contributed by atoms with E-state index in [1.165, 1.54) is 57.8 Å². The first kappa shape index (κ1) is 18.4. The quantitative estimate of drug-likeness (QED) is 0.335. The van der Waals surface area contributed by atoms with Crippen molar-refractivity contribution in [2.45, 2.75) is 83.8 Å². The maximum atomic E-state index is 5.74. The van der Waals surface area contributed by atoms with E-state index in [0.29, 0.717) is 0 Å². The van der Waals surface area contributed by atoms with Gasteiger partial charge >= 0.3 is 0 Å². The largest absolute Gasteiger partial charge is 0.353 e. The van der Waals surface area contributed by atoms with Gasteiger partial charge in [0.05, 0.1) is 0 Å². The van der Waals surface area contributed by atoms with E-state index < -0.39 is 0 Å². The fraction of sp³-hybridized carbons (Fsp3) is 0.789. The number of rotatable bonds is 12. The van der Waals surface area contributed by atoms with Gasteiger partial charge in [-0.2, -0.15) is 0 Å². The molecule has 0 aromatic carbocycles. The highest BCUT2D eigenvalue weighted by Crippen LogP contribution is 2.14. The van der Waals surface area contributed by atoms with E-state index in [4.69, 9.17) is 9.47 Å². The smallest absolute Gasteiger partial charge is 0.157 e. The van der Waals surface area contributed by atoms with Gasteiger partial charge < -0.3 is 9.47 Å². The van der Waals surface area contributed by atoms with Crippen molar-refractivity contribution < 1.29 is 9.47 Å². The van der Waals surface area contributed by atoms with E-state index in [1.54, 1.807) is 0 Å². The molecule has 2 nitrogen and oxygen atoms in total. The standard InChI is InChI=1S/C19H34O2/c1-2-3-4-5-6-7-8-9-10-11-12-14-17-20-19-16-13-15-18-21-19/h3-6,19H,2,7-18H2,1H3/b4-3-,6-5-. The van der Waals surface area contributed by atoms with Crippen LogP contribution in [0.25, 0.3) is 0 Å². The van der Waals surface area contributed by atoms with Crippen LogP contribution >= 0.6 is 0 Å². The Kier molecular flexibility index (Phi) is 12.6. The minimum atomic E-state index is 0.0901. The highest BCUT2D eigenvalue weighted by molar-refractivity contribution is 5.01. The molecule has 1 aliphatic rings. The first-order valence-electron chi connectivity index (χ1n) is 8.98. The topological polar surface area (TPSA) is 18.5 Å². The van der Waals surface area contributed by atoms with Crippen LogP contribution in [-0.2, 0) is 9.47 Å². The summed E-state index contributed by atoms with van der Waals surface area (Å²) in [7, 11) is 0. The Morgan fingerprint density at radius 1 is 0.952 bits per heavy atom. The summed E-state index contributed by atoms with van der Waals surface area (Å²) in [6.07, 6.45) is 22.6. The first-order chi connectivity index (χ1) is 10.4. The predicted octanol–water partition coefficient (Wildman–Crippen LogP) is 5.78. The Hall–Kier alpha value is -0.600. The van der Waals surface area contributed by atoms with Crippen molar-refractivity contribution in [1.82, 2.24) is 0 Å². The molecule has 0 aromatic heterocycles. The van der Waals surface area contributed by atoms with E-state index in [1.807, 2.05) is 0 Å². The summed E-state index contributed by atoms with van der Waals surface area (Å²) in [6.45, 7) is 3.92. The molecule has 21 heavy (non-hydrogen) atoms. The van der Waals surface area contributed by atoms with Crippen LogP contribution in [0.5, 0.6) is 0 Å². The summed E-state index contributed by atoms with van der Waals surface area (Å²) in [6, 6.07) is 0. The normalized spacial score (nSPS) is 19.8. The molecular weight excluding hydrogens is 260 g/mol. The summed E-state index contributed by atoms with van der Waals surface area (Å²) in [5.41, 5.74) is 0. The Balaban J connectivity index is 1.76. The average Bonchev–Trinajstić information content (AvgIpc) is 2.53. The lowest BCUT2D eigenvalue weighted by Crippen LogP contribution is -2.22. The third-order valence-corrected chi connectivity index (χ3v) is 3.83. The molecule has 1 saturated heterocycles. The van der Waals surface area contributed by atoms with Crippen molar-refractivity contribution in [2.75, 3.05) is 13.2 Å². The zero-order valence-electron chi connectivity index (χ0n) is 13.9. The van der Waals surface area contributed by atoms with Gasteiger partial charge in [0.25, 0.3) is 0 Å². The molecule has 1 unspecified atom stereocenters. The molecule has 1 fully saturated rings. The van der Waals surface area contributed by atoms with E-state index in [9.17, 15) is 0 Å². The molecule has 1 aliphatic heterocycles. The highest BCUT2D eigenvalue weighted by Gasteiger charge is 2.13. The van der Waals surface area contributed by atoms with Crippen molar-refractivity contribution in [1.29, 1.82) is 0 Å². The minimum absolute atomic E-state index is 0.0901. The van der Waals surface area contributed by atoms with Crippen LogP contribution in [-0.4, -0.2) is 19.5 Å². The summed E-state index contributed by atoms with van der Waals surface area (Å²) < 4.78 is 11.3. The molecule has 0 aromatic rings. The van der Waals surface area contributed by atoms with Crippen molar-refractivity contribution in [2.24, 2.45) is 0 Å². The van der Waals surface area contributed by atoms with Gasteiger partial charge in [-0.25, -0.2) is 0 Å². The second-order valence-corrected chi connectivity index (χ2v) is 5.84. The van der Waals surface area contributed by atoms with E-state index >= 15 is 0 Å². The Bertz CT molecular complexity index is 265. The molecule has 1 rings (SSSR count). The lowest BCUT2D eigenvalue weighted by Gasteiger charge is -2.22. The van der Waals surface area contributed by atoms with E-state index in [-0.39, 0.29) is 6.29 Å². The van der Waals surface area contributed by atoms with Gasteiger partial charge in [0, 0.05) is 13.2 Å². The van der Waals surface area contributed by atoms with Crippen LogP contribution in [0, 0.1) is 0 Å². The highest BCUT2D eigenvalue weighted by atomic mass is 16.7. The lowest BCUT2D eigenvalue weighted by atomic mass is 10.1. The number of hydrogen-bond acceptors (Lipinski definition) is 2. The molecule has 0 N–H and O–H groups in total. The summed E-state index contributed by atoms with van der Waals surface area (Å²) in [5, 5.41) is 0. The molecule has 122 valence electrons. The fourth-order valence-electron chi connectivity index (χ4n) is 2.52. The minimum Gasteiger partial charge on any atom is -0.353 e. The summed E-state index contributed by atoms with van der Waals surface area (Å²) in [4.78, 5) is 0. The van der Waals surface area contributed by atoms with Gasteiger partial charge in [-0.05, 0) is 44.9 Å². The van der Waals surface area contributed by atoms with E-state index in [0.717, 1.165) is 26.1 Å². The van der Waals surface area contributed by atoms with Gasteiger partial charge in [0.15, 0.2) is 6.29 Å². The van der Waals surface area contributed by atoms with Crippen LogP contribution in [0.1, 0.15) is 77.6 Å². The average molecular weight is 294 g/mol. The SMILES string of the molecule is CC/C=C\C=C/CCCCCCCCOC1CCCCO1. The predicted molar refractivity (Wildman–Crippen MR) is 90.4 cm³/mol. The van der Waals surface area contributed by atoms with Gasteiger partial charge in [0.1, 0.15) is 0 Å². The molecule has 0 bridgehead atoms. The molecule has 0 spiro atoms. The summed E-state index contributed by atoms with van der Waals surface area (Å²) >= 11 is 0. The lowest BCUT2D eigenvalue weighted by molar-refractivity contribution is -0.162. The molecular formula is C19H34O2. The molecule has 0 aliphatic carbocycles. The molecule has 0 saturated carbocycles. The number of allylic oxidation sites excluding steroid dienone is 4. The zero-order valence-corrected chi connectivity index (χ0v) is 13.9. The second kappa shape index (κ2) is 14.3. The molecule has 1 heterocycles. The number of hydrogen-bond donors (Lipinski definition) is 0. The van der Waals surface area contributed by atoms with Gasteiger partial charge in [-0.3, -0.25) is 0 Å². The van der Waals surface area contributed by atoms with Gasteiger partial charge in [-0.15, -0.1) is 0 Å². The van der Waals surface area contributed by atoms with Crippen molar-refractivity contribution in [3.05, 3.63) is 24.3 Å². The first-order valence-corrected chi connectivity index (χ1v) is 8.98. The molecule has 0 amide bonds. The number of ether oxygens (including phenoxy) is 2. The van der Waals surface area contributed by atoms with Crippen molar-refractivity contribution in [3.8, 4) is 0 Å². The van der Waals surface area contributed by atoms with Crippen molar-refractivity contribution in [3.63, 3.8) is 0 Å². The van der Waals surface area contributed by atoms with Gasteiger partial charge in [-0.1, -0.05) is 56.9 Å². The Morgan fingerprint density at radius 2 is 1.71 bits per heavy atom. The molecule has 2 heteroatoms. The van der Waals surface area contributed by atoms with Crippen LogP contribution in [0.4, 0.5) is 0 Å². The molecule has 0 radical (unpaired) electrons. The molecule has 1 atom stereocenters. The maximum Gasteiger partial charge on any atom is 0.157 e. The van der Waals surface area contributed by atoms with Crippen LogP contribution in [0.2, 0.25) is 0 Å². The van der Waals surface area contributed by atoms with Crippen molar-refractivity contribution >= 4 is 0 Å². The number of unbranched alkanes of at least 4 members (excludes halogenated alkanes) is 6. The Morgan fingerprint density at radius 3 is 2.48 bits per heavy atom. The summed E-state index contributed by atoms with van der Waals surface area (Å²) in [5.74, 6) is 0. The van der Waals surface area contributed by atoms with Crippen LogP contribution in [0.15, 0.2) is 24.3 Å². The monoisotopic (exact) mass is 294 g/mol. The van der Waals surface area contributed by atoms with Gasteiger partial charge in [0.2, 0.25) is 0 Å². The van der Waals surface area contributed by atoms with Crippen LogP contribution < -0.4 is 0 Å². The second-order valence-electron chi connectivity index (χ2n) is 5.84. The Labute approximate surface area is 131 Å².